The van der Waals surface area contributed by atoms with Crippen molar-refractivity contribution in [3.8, 4) is 0 Å². The topological polar surface area (TPSA) is 83.8 Å². The van der Waals surface area contributed by atoms with Crippen LogP contribution in [0.25, 0.3) is 10.1 Å². The number of aliphatic hydroxyl groups is 2. The van der Waals surface area contributed by atoms with Crippen molar-refractivity contribution in [2.45, 2.75) is 64.6 Å². The molecule has 1 aliphatic carbocycles. The van der Waals surface area contributed by atoms with Gasteiger partial charge in [-0.2, -0.15) is 0 Å². The Balaban J connectivity index is 1.59. The van der Waals surface area contributed by atoms with Crippen LogP contribution in [0, 0.1) is 17.3 Å². The highest BCUT2D eigenvalue weighted by molar-refractivity contribution is 7.19. The Labute approximate surface area is 216 Å². The van der Waals surface area contributed by atoms with Crippen LogP contribution in [0.3, 0.4) is 0 Å². The molecule has 3 rings (SSSR count). The third kappa shape index (κ3) is 6.62. The third-order valence-corrected chi connectivity index (χ3v) is 8.67. The van der Waals surface area contributed by atoms with E-state index in [2.05, 4.69) is 4.74 Å². The van der Waals surface area contributed by atoms with Crippen molar-refractivity contribution in [2.75, 3.05) is 7.11 Å². The molecule has 0 spiro atoms. The van der Waals surface area contributed by atoms with Crippen LogP contribution in [0.5, 0.6) is 0 Å². The second-order valence-electron chi connectivity index (χ2n) is 9.72. The summed E-state index contributed by atoms with van der Waals surface area (Å²) in [5.41, 5.74) is -0.839. The molecule has 0 aliphatic heterocycles. The van der Waals surface area contributed by atoms with Crippen LogP contribution < -0.4 is 0 Å². The van der Waals surface area contributed by atoms with E-state index < -0.39 is 17.6 Å². The van der Waals surface area contributed by atoms with Gasteiger partial charge in [0.25, 0.3) is 0 Å². The number of aliphatic hydroxyl groups excluding tert-OH is 2. The highest BCUT2D eigenvalue weighted by atomic mass is 35.5. The molecule has 0 unspecified atom stereocenters. The number of hydrogen-bond donors (Lipinski definition) is 2. The highest BCUT2D eigenvalue weighted by Gasteiger charge is 2.52. The van der Waals surface area contributed by atoms with Crippen LogP contribution in [0.1, 0.15) is 50.8 Å². The Morgan fingerprint density at radius 1 is 1.29 bits per heavy atom. The summed E-state index contributed by atoms with van der Waals surface area (Å²) < 4.78 is 5.77. The number of benzene rings is 1. The number of carbonyl (C=O) groups excluding carboxylic acids is 2. The molecule has 35 heavy (non-hydrogen) atoms. The van der Waals surface area contributed by atoms with E-state index in [1.54, 1.807) is 31.3 Å². The molecular formula is C28H35ClO5S. The smallest absolute Gasteiger partial charge is 0.305 e. The molecule has 2 N–H and O–H groups in total. The molecule has 1 heterocycles. The maximum absolute atomic E-state index is 13.0. The minimum Gasteiger partial charge on any atom is -0.469 e. The van der Waals surface area contributed by atoms with E-state index in [0.717, 1.165) is 26.4 Å². The lowest BCUT2D eigenvalue weighted by molar-refractivity contribution is -0.140. The number of ether oxygens (including phenoxy) is 1. The molecule has 0 bridgehead atoms. The largest absolute Gasteiger partial charge is 0.469 e. The van der Waals surface area contributed by atoms with Crippen LogP contribution in [0.4, 0.5) is 0 Å². The summed E-state index contributed by atoms with van der Waals surface area (Å²) in [5, 5.41) is 23.3. The van der Waals surface area contributed by atoms with E-state index in [0.29, 0.717) is 32.1 Å². The lowest BCUT2D eigenvalue weighted by Crippen LogP contribution is -2.31. The Bertz CT molecular complexity index is 1090. The van der Waals surface area contributed by atoms with Crippen molar-refractivity contribution >= 4 is 44.8 Å². The number of esters is 1. The summed E-state index contributed by atoms with van der Waals surface area (Å²) in [6.45, 7) is 3.56. The summed E-state index contributed by atoms with van der Waals surface area (Å²) in [5.74, 6) is -0.907. The zero-order valence-corrected chi connectivity index (χ0v) is 22.1. The molecule has 2 aromatic rings. The number of fused-ring (bicyclic) bond motifs is 1. The second kappa shape index (κ2) is 12.3. The fourth-order valence-corrected chi connectivity index (χ4v) is 6.23. The number of halogens is 1. The first-order valence-electron chi connectivity index (χ1n) is 12.1. The predicted octanol–water partition coefficient (Wildman–Crippen LogP) is 5.90. The molecule has 190 valence electrons. The summed E-state index contributed by atoms with van der Waals surface area (Å²) >= 11 is 8.16. The quantitative estimate of drug-likeness (QED) is 0.220. The zero-order valence-electron chi connectivity index (χ0n) is 20.6. The number of methoxy groups -OCH3 is 1. The van der Waals surface area contributed by atoms with E-state index in [9.17, 15) is 19.8 Å². The zero-order chi connectivity index (χ0) is 25.6. The second-order valence-corrected chi connectivity index (χ2v) is 11.2. The van der Waals surface area contributed by atoms with Crippen LogP contribution in [0.2, 0.25) is 5.02 Å². The average Bonchev–Trinajstić information content (AvgIpc) is 3.25. The Kier molecular flexibility index (Phi) is 9.70. The van der Waals surface area contributed by atoms with E-state index in [1.807, 2.05) is 42.5 Å². The fourth-order valence-electron chi connectivity index (χ4n) is 4.69. The molecule has 0 saturated heterocycles. The van der Waals surface area contributed by atoms with Crippen LogP contribution in [-0.2, 0) is 20.7 Å². The highest BCUT2D eigenvalue weighted by Crippen LogP contribution is 2.45. The first-order chi connectivity index (χ1) is 16.7. The molecular weight excluding hydrogens is 484 g/mol. The predicted molar refractivity (Wildman–Crippen MR) is 142 cm³/mol. The molecule has 1 fully saturated rings. The molecule has 1 aliphatic rings. The van der Waals surface area contributed by atoms with Crippen molar-refractivity contribution in [1.29, 1.82) is 0 Å². The number of thiophene rings is 1. The van der Waals surface area contributed by atoms with Crippen molar-refractivity contribution in [1.82, 2.24) is 0 Å². The maximum atomic E-state index is 13.0. The van der Waals surface area contributed by atoms with E-state index in [-0.39, 0.29) is 23.6 Å². The number of rotatable bonds is 11. The minimum atomic E-state index is -0.839. The van der Waals surface area contributed by atoms with Crippen LogP contribution in [0.15, 0.2) is 48.6 Å². The number of ketones is 1. The van der Waals surface area contributed by atoms with E-state index in [4.69, 9.17) is 11.6 Å². The lowest BCUT2D eigenvalue weighted by atomic mass is 9.86. The molecule has 0 amide bonds. The van der Waals surface area contributed by atoms with Gasteiger partial charge in [-0.1, -0.05) is 68.0 Å². The molecule has 1 aromatic carbocycles. The standard InChI is InChI=1S/C28H35ClO5S/c1-28(2)26(32)19(10-6-4-5-7-13-24(31)34-3)20(27(28)33)16-14-18(30)15-17-23-25(29)21-11-8-9-12-22(21)35-23/h4,6,8-9,11-12,14,16,18-20,27,30,33H,5,7,10,13,15,17H2,1-3H3/b6-4-,16-14+/t18-,19+,20+,27-/m0/s1. The molecule has 0 radical (unpaired) electrons. The monoisotopic (exact) mass is 518 g/mol. The van der Waals surface area contributed by atoms with E-state index in [1.165, 1.54) is 7.11 Å². The van der Waals surface area contributed by atoms with Gasteiger partial charge in [0.1, 0.15) is 5.78 Å². The van der Waals surface area contributed by atoms with Gasteiger partial charge in [-0.25, -0.2) is 0 Å². The van der Waals surface area contributed by atoms with Gasteiger partial charge in [0.05, 0.1) is 29.8 Å². The van der Waals surface area contributed by atoms with Crippen molar-refractivity contribution in [3.63, 3.8) is 0 Å². The van der Waals surface area contributed by atoms with E-state index >= 15 is 0 Å². The van der Waals surface area contributed by atoms with Gasteiger partial charge in [-0.3, -0.25) is 9.59 Å². The number of hydrogen-bond acceptors (Lipinski definition) is 6. The molecule has 1 saturated carbocycles. The van der Waals surface area contributed by atoms with Gasteiger partial charge in [0.2, 0.25) is 0 Å². The van der Waals surface area contributed by atoms with Crippen LogP contribution >= 0.6 is 22.9 Å². The van der Waals surface area contributed by atoms with Gasteiger partial charge in [-0.05, 0) is 38.2 Å². The third-order valence-electron chi connectivity index (χ3n) is 6.90. The van der Waals surface area contributed by atoms with Gasteiger partial charge >= 0.3 is 5.97 Å². The number of unbranched alkanes of at least 4 members (excludes halogenated alkanes) is 1. The molecule has 1 aromatic heterocycles. The first kappa shape index (κ1) is 27.6. The minimum absolute atomic E-state index is 0.0328. The van der Waals surface area contributed by atoms with Gasteiger partial charge < -0.3 is 14.9 Å². The maximum Gasteiger partial charge on any atom is 0.305 e. The van der Waals surface area contributed by atoms with Crippen molar-refractivity contribution in [3.05, 3.63) is 58.5 Å². The first-order valence-corrected chi connectivity index (χ1v) is 13.3. The fraction of sp³-hybridized carbons (Fsp3) is 0.500. The number of aryl methyl sites for hydroxylation is 1. The van der Waals surface area contributed by atoms with Gasteiger partial charge in [-0.15, -0.1) is 11.3 Å². The van der Waals surface area contributed by atoms with Crippen molar-refractivity contribution < 1.29 is 24.5 Å². The van der Waals surface area contributed by atoms with Crippen molar-refractivity contribution in [2.24, 2.45) is 17.3 Å². The number of Topliss-reactive ketones (excluding diaryl/α,β-unsaturated/α-hetero) is 1. The normalized spacial score (nSPS) is 23.0. The molecule has 7 heteroatoms. The molecule has 4 atom stereocenters. The number of allylic oxidation sites excluding steroid dienone is 2. The summed E-state index contributed by atoms with van der Waals surface area (Å²) in [6.07, 6.45) is 9.38. The Hall–Kier alpha value is -1.99. The van der Waals surface area contributed by atoms with Gasteiger partial charge in [0.15, 0.2) is 0 Å². The molecule has 5 nitrogen and oxygen atoms in total. The van der Waals surface area contributed by atoms with Gasteiger partial charge in [0, 0.05) is 33.2 Å². The average molecular weight is 519 g/mol. The Morgan fingerprint density at radius 3 is 2.74 bits per heavy atom. The van der Waals surface area contributed by atoms with Crippen LogP contribution in [-0.4, -0.2) is 41.3 Å². The Morgan fingerprint density at radius 2 is 2.03 bits per heavy atom. The summed E-state index contributed by atoms with van der Waals surface area (Å²) in [7, 11) is 1.38. The SMILES string of the molecule is COC(=O)CCC/C=C\C[C@H]1C(=O)C(C)(C)[C@@H](O)[C@@H]1/C=C/[C@H](O)CCc1sc2ccccc2c1Cl. The summed E-state index contributed by atoms with van der Waals surface area (Å²) in [6, 6.07) is 7.99. The summed E-state index contributed by atoms with van der Waals surface area (Å²) in [4.78, 5) is 25.3. The lowest BCUT2D eigenvalue weighted by Gasteiger charge is -2.22. The number of carbonyl (C=O) groups is 2.